The van der Waals surface area contributed by atoms with Crippen molar-refractivity contribution in [1.29, 1.82) is 0 Å². The number of hydrogen-bond donors (Lipinski definition) is 1. The molecule has 8 nitrogen and oxygen atoms in total. The molecule has 0 spiro atoms. The summed E-state index contributed by atoms with van der Waals surface area (Å²) in [5.74, 6) is -0.649. The Morgan fingerprint density at radius 3 is 2.46 bits per heavy atom. The van der Waals surface area contributed by atoms with Gasteiger partial charge in [-0.3, -0.25) is 14.4 Å². The summed E-state index contributed by atoms with van der Waals surface area (Å²) in [5, 5.41) is 3.82. The van der Waals surface area contributed by atoms with E-state index in [9.17, 15) is 14.4 Å². The predicted octanol–water partition coefficient (Wildman–Crippen LogP) is 2.83. The maximum atomic E-state index is 11.8. The summed E-state index contributed by atoms with van der Waals surface area (Å²) in [7, 11) is 0. The highest BCUT2D eigenvalue weighted by Gasteiger charge is 2.09. The molecule has 0 bridgehead atoms. The van der Waals surface area contributed by atoms with E-state index in [0.717, 1.165) is 4.47 Å². The molecule has 0 aliphatic heterocycles. The third kappa shape index (κ3) is 7.20. The number of halogens is 1. The highest BCUT2D eigenvalue weighted by molar-refractivity contribution is 9.10. The van der Waals surface area contributed by atoms with Gasteiger partial charge in [-0.15, -0.1) is 0 Å². The Labute approximate surface area is 169 Å². The Morgan fingerprint density at radius 1 is 1.04 bits per heavy atom. The first-order valence-electron chi connectivity index (χ1n) is 8.04. The minimum Gasteiger partial charge on any atom is -0.484 e. The van der Waals surface area contributed by atoms with Gasteiger partial charge >= 0.3 is 11.9 Å². The molecule has 0 saturated carbocycles. The van der Waals surface area contributed by atoms with Crippen LogP contribution in [-0.2, 0) is 14.4 Å². The number of esters is 2. The van der Waals surface area contributed by atoms with E-state index in [0.29, 0.717) is 11.3 Å². The lowest BCUT2D eigenvalue weighted by Crippen LogP contribution is -2.24. The molecule has 28 heavy (non-hydrogen) atoms. The molecule has 0 fully saturated rings. The number of nitrogens with one attached hydrogen (secondary N) is 1. The zero-order valence-electron chi connectivity index (χ0n) is 15.1. The summed E-state index contributed by atoms with van der Waals surface area (Å²) in [5.41, 5.74) is 2.71. The smallest absolute Gasteiger partial charge is 0.308 e. The van der Waals surface area contributed by atoms with E-state index in [2.05, 4.69) is 26.5 Å². The normalized spacial score (nSPS) is 10.4. The summed E-state index contributed by atoms with van der Waals surface area (Å²) in [6.45, 7) is 2.27. The molecular formula is C19H17BrN2O6. The number of hydrogen-bond acceptors (Lipinski definition) is 7. The molecule has 2 rings (SSSR count). The van der Waals surface area contributed by atoms with Crippen LogP contribution in [0.3, 0.4) is 0 Å². The van der Waals surface area contributed by atoms with Crippen molar-refractivity contribution in [3.63, 3.8) is 0 Å². The van der Waals surface area contributed by atoms with Crippen LogP contribution in [0.15, 0.2) is 52.0 Å². The SMILES string of the molecule is CC(=O)Oc1ccc(/C=N/NC(=O)COc2cccc(Br)c2)c(OC(C)=O)c1. The molecule has 0 atom stereocenters. The number of rotatable bonds is 7. The van der Waals surface area contributed by atoms with E-state index < -0.39 is 17.8 Å². The van der Waals surface area contributed by atoms with Gasteiger partial charge in [0.15, 0.2) is 6.61 Å². The zero-order chi connectivity index (χ0) is 20.5. The van der Waals surface area contributed by atoms with Crippen molar-refractivity contribution in [2.24, 2.45) is 5.10 Å². The van der Waals surface area contributed by atoms with Crippen LogP contribution in [0, 0.1) is 0 Å². The van der Waals surface area contributed by atoms with Crippen LogP contribution in [0.5, 0.6) is 17.2 Å². The summed E-state index contributed by atoms with van der Waals surface area (Å²) < 4.78 is 16.2. The first-order chi connectivity index (χ1) is 13.3. The minimum atomic E-state index is -0.555. The average molecular weight is 449 g/mol. The fourth-order valence-corrected chi connectivity index (χ4v) is 2.38. The molecule has 0 aliphatic carbocycles. The molecule has 2 aromatic rings. The van der Waals surface area contributed by atoms with Crippen molar-refractivity contribution in [2.75, 3.05) is 6.61 Å². The molecule has 0 radical (unpaired) electrons. The second-order valence-electron chi connectivity index (χ2n) is 5.43. The predicted molar refractivity (Wildman–Crippen MR) is 104 cm³/mol. The lowest BCUT2D eigenvalue weighted by atomic mass is 10.2. The fraction of sp³-hybridized carbons (Fsp3) is 0.158. The van der Waals surface area contributed by atoms with Crippen LogP contribution in [-0.4, -0.2) is 30.7 Å². The van der Waals surface area contributed by atoms with Crippen LogP contribution in [0.4, 0.5) is 0 Å². The fourth-order valence-electron chi connectivity index (χ4n) is 2.01. The standard InChI is InChI=1S/C19H17BrN2O6/c1-12(23)27-17-7-6-14(18(9-17)28-13(2)24)10-21-22-19(25)11-26-16-5-3-4-15(20)8-16/h3-10H,11H2,1-2H3,(H,22,25)/b21-10+. The summed E-state index contributed by atoms with van der Waals surface area (Å²) in [6, 6.07) is 11.5. The second-order valence-corrected chi connectivity index (χ2v) is 6.34. The Kier molecular flexibility index (Phi) is 7.70. The lowest BCUT2D eigenvalue weighted by molar-refractivity contribution is -0.132. The Hall–Kier alpha value is -3.20. The number of ether oxygens (including phenoxy) is 3. The average Bonchev–Trinajstić information content (AvgIpc) is 2.61. The third-order valence-electron chi connectivity index (χ3n) is 3.06. The molecule has 0 saturated heterocycles. The second kappa shape index (κ2) is 10.2. The van der Waals surface area contributed by atoms with Crippen molar-refractivity contribution < 1.29 is 28.6 Å². The van der Waals surface area contributed by atoms with E-state index in [1.54, 1.807) is 18.2 Å². The molecule has 9 heteroatoms. The molecule has 0 aromatic heterocycles. The first-order valence-corrected chi connectivity index (χ1v) is 8.84. The zero-order valence-corrected chi connectivity index (χ0v) is 16.7. The monoisotopic (exact) mass is 448 g/mol. The number of hydrazone groups is 1. The van der Waals surface area contributed by atoms with Crippen molar-refractivity contribution >= 4 is 40.0 Å². The molecule has 0 heterocycles. The van der Waals surface area contributed by atoms with E-state index in [1.165, 1.54) is 38.3 Å². The molecule has 2 aromatic carbocycles. The first kappa shape index (κ1) is 21.1. The van der Waals surface area contributed by atoms with Gasteiger partial charge < -0.3 is 14.2 Å². The van der Waals surface area contributed by atoms with Gasteiger partial charge in [-0.1, -0.05) is 22.0 Å². The van der Waals surface area contributed by atoms with Crippen LogP contribution in [0.25, 0.3) is 0 Å². The van der Waals surface area contributed by atoms with Gasteiger partial charge in [-0.25, -0.2) is 5.43 Å². The molecule has 146 valence electrons. The van der Waals surface area contributed by atoms with Crippen LogP contribution >= 0.6 is 15.9 Å². The van der Waals surface area contributed by atoms with Gasteiger partial charge in [-0.2, -0.15) is 5.10 Å². The lowest BCUT2D eigenvalue weighted by Gasteiger charge is -2.08. The van der Waals surface area contributed by atoms with Crippen LogP contribution < -0.4 is 19.6 Å². The maximum Gasteiger partial charge on any atom is 0.308 e. The minimum absolute atomic E-state index is 0.134. The largest absolute Gasteiger partial charge is 0.484 e. The Morgan fingerprint density at radius 2 is 1.79 bits per heavy atom. The molecule has 1 amide bonds. The molecule has 1 N–H and O–H groups in total. The van der Waals surface area contributed by atoms with Gasteiger partial charge in [0.1, 0.15) is 17.2 Å². The Balaban J connectivity index is 1.98. The summed E-state index contributed by atoms with van der Waals surface area (Å²) >= 11 is 3.31. The van der Waals surface area contributed by atoms with E-state index in [1.807, 2.05) is 6.07 Å². The van der Waals surface area contributed by atoms with Gasteiger partial charge in [0.05, 0.1) is 6.21 Å². The van der Waals surface area contributed by atoms with Crippen molar-refractivity contribution in [3.05, 3.63) is 52.5 Å². The summed E-state index contributed by atoms with van der Waals surface area (Å²) in [4.78, 5) is 34.1. The van der Waals surface area contributed by atoms with E-state index >= 15 is 0 Å². The van der Waals surface area contributed by atoms with Crippen molar-refractivity contribution in [1.82, 2.24) is 5.43 Å². The number of carbonyl (C=O) groups is 3. The highest BCUT2D eigenvalue weighted by atomic mass is 79.9. The van der Waals surface area contributed by atoms with E-state index in [-0.39, 0.29) is 18.1 Å². The van der Waals surface area contributed by atoms with Crippen molar-refractivity contribution in [2.45, 2.75) is 13.8 Å². The van der Waals surface area contributed by atoms with Gasteiger partial charge in [0, 0.05) is 30.0 Å². The molecule has 0 aliphatic rings. The molecule has 0 unspecified atom stereocenters. The third-order valence-corrected chi connectivity index (χ3v) is 3.55. The number of carbonyl (C=O) groups excluding carboxylic acids is 3. The number of nitrogens with zero attached hydrogens (tertiary/aromatic N) is 1. The van der Waals surface area contributed by atoms with Gasteiger partial charge in [-0.05, 0) is 30.3 Å². The Bertz CT molecular complexity index is 913. The quantitative estimate of drug-likeness (QED) is 0.302. The summed E-state index contributed by atoms with van der Waals surface area (Å²) in [6.07, 6.45) is 1.30. The van der Waals surface area contributed by atoms with Gasteiger partial charge in [0.25, 0.3) is 5.91 Å². The van der Waals surface area contributed by atoms with Crippen LogP contribution in [0.1, 0.15) is 19.4 Å². The van der Waals surface area contributed by atoms with Gasteiger partial charge in [0.2, 0.25) is 0 Å². The number of benzene rings is 2. The highest BCUT2D eigenvalue weighted by Crippen LogP contribution is 2.24. The topological polar surface area (TPSA) is 103 Å². The molecular weight excluding hydrogens is 432 g/mol. The van der Waals surface area contributed by atoms with E-state index in [4.69, 9.17) is 14.2 Å². The maximum absolute atomic E-state index is 11.8. The number of amides is 1. The van der Waals surface area contributed by atoms with Crippen LogP contribution in [0.2, 0.25) is 0 Å². The van der Waals surface area contributed by atoms with Crippen molar-refractivity contribution in [3.8, 4) is 17.2 Å².